The number of phenolic OH excluding ortho intramolecular Hbond substituents is 1. The van der Waals surface area contributed by atoms with Crippen molar-refractivity contribution in [3.63, 3.8) is 0 Å². The molecule has 0 radical (unpaired) electrons. The average Bonchev–Trinajstić information content (AvgIpc) is 2.53. The van der Waals surface area contributed by atoms with Gasteiger partial charge < -0.3 is 20.3 Å². The molecule has 3 N–H and O–H groups in total. The van der Waals surface area contributed by atoms with Gasteiger partial charge in [0.25, 0.3) is 5.91 Å². The summed E-state index contributed by atoms with van der Waals surface area (Å²) in [5, 5.41) is 22.0. The molecule has 5 heteroatoms. The van der Waals surface area contributed by atoms with E-state index < -0.39 is 0 Å². The second-order valence-electron chi connectivity index (χ2n) is 5.58. The van der Waals surface area contributed by atoms with Crippen LogP contribution in [0.1, 0.15) is 36.0 Å². The molecule has 1 amide bonds. The van der Waals surface area contributed by atoms with E-state index in [0.717, 1.165) is 25.7 Å². The van der Waals surface area contributed by atoms with Crippen molar-refractivity contribution < 1.29 is 19.7 Å². The molecule has 2 atom stereocenters. The van der Waals surface area contributed by atoms with Crippen LogP contribution >= 0.6 is 0 Å². The zero-order valence-electron chi connectivity index (χ0n) is 12.3. The largest absolute Gasteiger partial charge is 0.507 e. The van der Waals surface area contributed by atoms with E-state index in [9.17, 15) is 15.0 Å². The monoisotopic (exact) mass is 293 g/mol. The number of aliphatic hydroxyl groups is 1. The Labute approximate surface area is 124 Å². The van der Waals surface area contributed by atoms with Crippen molar-refractivity contribution in [2.75, 3.05) is 20.3 Å². The summed E-state index contributed by atoms with van der Waals surface area (Å²) in [6.45, 7) is 0.700. The number of ether oxygens (including phenoxy) is 1. The third kappa shape index (κ3) is 3.88. The number of amides is 1. The van der Waals surface area contributed by atoms with Crippen molar-refractivity contribution in [2.45, 2.75) is 25.7 Å². The lowest BCUT2D eigenvalue weighted by molar-refractivity contribution is 0.0906. The molecule has 1 aromatic carbocycles. The number of methoxy groups -OCH3 is 1. The molecular formula is C16H23NO4. The van der Waals surface area contributed by atoms with Gasteiger partial charge in [-0.3, -0.25) is 4.79 Å². The van der Waals surface area contributed by atoms with E-state index in [1.165, 1.54) is 19.2 Å². The number of aliphatic hydroxyl groups excluding tert-OH is 1. The Morgan fingerprint density at radius 2 is 2.05 bits per heavy atom. The summed E-state index contributed by atoms with van der Waals surface area (Å²) in [5.74, 6) is 0.728. The van der Waals surface area contributed by atoms with Gasteiger partial charge in [-0.1, -0.05) is 12.8 Å². The van der Waals surface area contributed by atoms with E-state index in [2.05, 4.69) is 5.32 Å². The third-order valence-corrected chi connectivity index (χ3v) is 4.27. The Bertz CT molecular complexity index is 489. The number of nitrogens with one attached hydrogen (secondary N) is 1. The Balaban J connectivity index is 1.98. The summed E-state index contributed by atoms with van der Waals surface area (Å²) in [7, 11) is 1.52. The topological polar surface area (TPSA) is 78.8 Å². The van der Waals surface area contributed by atoms with Crippen LogP contribution in [-0.4, -0.2) is 36.4 Å². The number of hydrogen-bond donors (Lipinski definition) is 3. The zero-order valence-corrected chi connectivity index (χ0v) is 12.3. The molecule has 21 heavy (non-hydrogen) atoms. The van der Waals surface area contributed by atoms with Crippen LogP contribution in [0.15, 0.2) is 18.2 Å². The third-order valence-electron chi connectivity index (χ3n) is 4.27. The van der Waals surface area contributed by atoms with Gasteiger partial charge in [0.15, 0.2) is 0 Å². The number of benzene rings is 1. The highest BCUT2D eigenvalue weighted by Gasteiger charge is 2.25. The van der Waals surface area contributed by atoms with Crippen molar-refractivity contribution in [1.82, 2.24) is 5.32 Å². The Kier molecular flexibility index (Phi) is 5.44. The fourth-order valence-corrected chi connectivity index (χ4v) is 2.94. The number of phenols is 1. The first-order valence-electron chi connectivity index (χ1n) is 7.41. The minimum absolute atomic E-state index is 0.0596. The zero-order chi connectivity index (χ0) is 15.2. The predicted molar refractivity (Wildman–Crippen MR) is 79.5 cm³/mol. The predicted octanol–water partition coefficient (Wildman–Crippen LogP) is 1.93. The van der Waals surface area contributed by atoms with Crippen LogP contribution in [-0.2, 0) is 0 Å². The molecule has 116 valence electrons. The van der Waals surface area contributed by atoms with Crippen LogP contribution in [0.3, 0.4) is 0 Å². The van der Waals surface area contributed by atoms with Gasteiger partial charge in [0.2, 0.25) is 0 Å². The van der Waals surface area contributed by atoms with Gasteiger partial charge in [-0.05, 0) is 42.9 Å². The molecule has 0 aliphatic heterocycles. The van der Waals surface area contributed by atoms with Gasteiger partial charge in [0.1, 0.15) is 11.5 Å². The molecule has 1 aliphatic rings. The highest BCUT2D eigenvalue weighted by atomic mass is 16.5. The number of hydrogen-bond acceptors (Lipinski definition) is 4. The van der Waals surface area contributed by atoms with Gasteiger partial charge in [-0.15, -0.1) is 0 Å². The lowest BCUT2D eigenvalue weighted by atomic mass is 9.79. The molecule has 0 spiro atoms. The normalized spacial score (nSPS) is 21.8. The fourth-order valence-electron chi connectivity index (χ4n) is 2.94. The number of carbonyl (C=O) groups is 1. The Morgan fingerprint density at radius 3 is 2.71 bits per heavy atom. The van der Waals surface area contributed by atoms with Crippen LogP contribution in [0, 0.1) is 11.8 Å². The van der Waals surface area contributed by atoms with E-state index in [4.69, 9.17) is 4.74 Å². The van der Waals surface area contributed by atoms with Crippen LogP contribution in [0.4, 0.5) is 0 Å². The summed E-state index contributed by atoms with van der Waals surface area (Å²) in [6, 6.07) is 4.58. The molecule has 0 bridgehead atoms. The van der Waals surface area contributed by atoms with E-state index in [-0.39, 0.29) is 29.7 Å². The summed E-state index contributed by atoms with van der Waals surface area (Å²) in [5.41, 5.74) is 0.214. The Morgan fingerprint density at radius 1 is 1.33 bits per heavy atom. The van der Waals surface area contributed by atoms with Gasteiger partial charge in [0, 0.05) is 13.2 Å². The minimum Gasteiger partial charge on any atom is -0.507 e. The first-order valence-corrected chi connectivity index (χ1v) is 7.41. The van der Waals surface area contributed by atoms with Crippen molar-refractivity contribution in [1.29, 1.82) is 0 Å². The van der Waals surface area contributed by atoms with Crippen molar-refractivity contribution in [2.24, 2.45) is 11.8 Å². The first kappa shape index (κ1) is 15.6. The number of rotatable bonds is 5. The molecule has 1 fully saturated rings. The highest BCUT2D eigenvalue weighted by molar-refractivity contribution is 5.97. The maximum absolute atomic E-state index is 12.2. The molecule has 0 saturated heterocycles. The quantitative estimate of drug-likeness (QED) is 0.775. The molecule has 1 saturated carbocycles. The van der Waals surface area contributed by atoms with Crippen LogP contribution < -0.4 is 10.1 Å². The molecule has 0 aromatic heterocycles. The van der Waals surface area contributed by atoms with E-state index in [0.29, 0.717) is 18.2 Å². The van der Waals surface area contributed by atoms with Crippen molar-refractivity contribution in [3.05, 3.63) is 23.8 Å². The molecule has 1 aliphatic carbocycles. The SMILES string of the molecule is COc1ccc(O)c(C(=O)NCC2CCCCC2CO)c1. The molecule has 0 heterocycles. The summed E-state index contributed by atoms with van der Waals surface area (Å²) < 4.78 is 5.06. The van der Waals surface area contributed by atoms with Crippen molar-refractivity contribution in [3.8, 4) is 11.5 Å². The van der Waals surface area contributed by atoms with E-state index >= 15 is 0 Å². The van der Waals surface area contributed by atoms with Gasteiger partial charge >= 0.3 is 0 Å². The second kappa shape index (κ2) is 7.31. The fraction of sp³-hybridized carbons (Fsp3) is 0.562. The highest BCUT2D eigenvalue weighted by Crippen LogP contribution is 2.29. The first-order chi connectivity index (χ1) is 10.2. The van der Waals surface area contributed by atoms with Gasteiger partial charge in [0.05, 0.1) is 12.7 Å². The summed E-state index contributed by atoms with van der Waals surface area (Å²) >= 11 is 0. The van der Waals surface area contributed by atoms with E-state index in [1.54, 1.807) is 6.07 Å². The second-order valence-corrected chi connectivity index (χ2v) is 5.58. The molecule has 2 unspecified atom stereocenters. The maximum Gasteiger partial charge on any atom is 0.255 e. The summed E-state index contributed by atoms with van der Waals surface area (Å²) in [4.78, 5) is 12.2. The van der Waals surface area contributed by atoms with Crippen LogP contribution in [0.25, 0.3) is 0 Å². The number of aromatic hydroxyl groups is 1. The van der Waals surface area contributed by atoms with Crippen LogP contribution in [0.5, 0.6) is 11.5 Å². The smallest absolute Gasteiger partial charge is 0.255 e. The molecule has 5 nitrogen and oxygen atoms in total. The number of carbonyl (C=O) groups excluding carboxylic acids is 1. The maximum atomic E-state index is 12.2. The Hall–Kier alpha value is -1.75. The standard InChI is InChI=1S/C16H23NO4/c1-21-13-6-7-15(19)14(8-13)16(20)17-9-11-4-2-3-5-12(11)10-18/h6-8,11-12,18-19H,2-5,9-10H2,1H3,(H,17,20). The van der Waals surface area contributed by atoms with Gasteiger partial charge in [-0.25, -0.2) is 0 Å². The van der Waals surface area contributed by atoms with Crippen molar-refractivity contribution >= 4 is 5.91 Å². The van der Waals surface area contributed by atoms with E-state index in [1.807, 2.05) is 0 Å². The summed E-state index contributed by atoms with van der Waals surface area (Å²) in [6.07, 6.45) is 4.32. The lowest BCUT2D eigenvalue weighted by Gasteiger charge is -2.30. The molecule has 1 aromatic rings. The minimum atomic E-state index is -0.311. The van der Waals surface area contributed by atoms with Crippen LogP contribution in [0.2, 0.25) is 0 Å². The van der Waals surface area contributed by atoms with Gasteiger partial charge in [-0.2, -0.15) is 0 Å². The molecule has 2 rings (SSSR count). The lowest BCUT2D eigenvalue weighted by Crippen LogP contribution is -2.35. The molecular weight excluding hydrogens is 270 g/mol. The average molecular weight is 293 g/mol.